The third-order valence-corrected chi connectivity index (χ3v) is 4.09. The molecule has 0 bridgehead atoms. The highest BCUT2D eigenvalue weighted by Crippen LogP contribution is 2.26. The number of ether oxygens (including phenoxy) is 2. The minimum Gasteiger partial charge on any atom is -0.493 e. The Morgan fingerprint density at radius 1 is 1.25 bits per heavy atom. The second-order valence-corrected chi connectivity index (χ2v) is 5.41. The third kappa shape index (κ3) is 3.49. The molecule has 0 aliphatic heterocycles. The van der Waals surface area contributed by atoms with Gasteiger partial charge in [0, 0.05) is 6.42 Å². The van der Waals surface area contributed by atoms with Crippen LogP contribution >= 0.6 is 11.3 Å². The average Bonchev–Trinajstić information content (AvgIpc) is 2.90. The first kappa shape index (κ1) is 14.8. The van der Waals surface area contributed by atoms with Gasteiger partial charge in [-0.1, -0.05) is 19.1 Å². The van der Waals surface area contributed by atoms with Crippen LogP contribution in [0.15, 0.2) is 24.3 Å². The predicted octanol–water partition coefficient (Wildman–Crippen LogP) is 2.83. The molecule has 0 amide bonds. The normalized spacial score (nSPS) is 10.6. The van der Waals surface area contributed by atoms with Crippen LogP contribution in [0, 0.1) is 0 Å². The Balaban J connectivity index is 1.94. The molecule has 0 aliphatic rings. The number of aliphatic hydroxyl groups excluding tert-OH is 1. The molecule has 0 saturated heterocycles. The molecule has 0 saturated carbocycles. The third-order valence-electron chi connectivity index (χ3n) is 2.94. The first-order valence-corrected chi connectivity index (χ1v) is 7.44. The van der Waals surface area contributed by atoms with E-state index in [1.54, 1.807) is 18.4 Å². The second-order valence-electron chi connectivity index (χ2n) is 4.24. The number of para-hydroxylation sites is 2. The van der Waals surface area contributed by atoms with E-state index in [0.717, 1.165) is 39.9 Å². The molecule has 4 nitrogen and oxygen atoms in total. The molecule has 0 fully saturated rings. The molecule has 0 aliphatic carbocycles. The summed E-state index contributed by atoms with van der Waals surface area (Å²) in [4.78, 5) is 5.48. The van der Waals surface area contributed by atoms with E-state index in [-0.39, 0.29) is 6.61 Å². The molecule has 1 N–H and O–H groups in total. The van der Waals surface area contributed by atoms with Crippen LogP contribution in [-0.4, -0.2) is 23.8 Å². The lowest BCUT2D eigenvalue weighted by molar-refractivity contribution is 0.284. The highest BCUT2D eigenvalue weighted by Gasteiger charge is 2.09. The van der Waals surface area contributed by atoms with E-state index >= 15 is 0 Å². The fourth-order valence-corrected chi connectivity index (χ4v) is 2.93. The van der Waals surface area contributed by atoms with Crippen LogP contribution in [-0.2, 0) is 19.4 Å². The zero-order valence-corrected chi connectivity index (χ0v) is 12.6. The monoisotopic (exact) mass is 293 g/mol. The topological polar surface area (TPSA) is 51.6 Å². The van der Waals surface area contributed by atoms with Gasteiger partial charge in [0.25, 0.3) is 0 Å². The lowest BCUT2D eigenvalue weighted by atomic mass is 10.3. The van der Waals surface area contributed by atoms with Crippen molar-refractivity contribution in [3.8, 4) is 11.5 Å². The molecule has 0 radical (unpaired) electrons. The van der Waals surface area contributed by atoms with Gasteiger partial charge < -0.3 is 14.6 Å². The van der Waals surface area contributed by atoms with Gasteiger partial charge in [-0.05, 0) is 18.6 Å². The first-order chi connectivity index (χ1) is 9.78. The molecule has 0 atom stereocenters. The molecular formula is C15H19NO3S. The lowest BCUT2D eigenvalue weighted by Crippen LogP contribution is -2.02. The van der Waals surface area contributed by atoms with Crippen LogP contribution in [0.1, 0.15) is 22.5 Å². The van der Waals surface area contributed by atoms with E-state index in [9.17, 15) is 5.11 Å². The summed E-state index contributed by atoms with van der Waals surface area (Å²) in [5.74, 6) is 1.47. The fraction of sp³-hybridized carbons (Fsp3) is 0.400. The summed E-state index contributed by atoms with van der Waals surface area (Å²) >= 11 is 1.56. The van der Waals surface area contributed by atoms with Crippen molar-refractivity contribution in [2.24, 2.45) is 0 Å². The Bertz CT molecular complexity index is 532. The van der Waals surface area contributed by atoms with Gasteiger partial charge in [0.2, 0.25) is 0 Å². The predicted molar refractivity (Wildman–Crippen MR) is 79.6 cm³/mol. The van der Waals surface area contributed by atoms with Gasteiger partial charge >= 0.3 is 0 Å². The van der Waals surface area contributed by atoms with E-state index in [4.69, 9.17) is 9.47 Å². The number of thiazole rings is 1. The maximum absolute atomic E-state index is 9.26. The summed E-state index contributed by atoms with van der Waals surface area (Å²) in [6.45, 7) is 2.65. The number of hydrogen-bond acceptors (Lipinski definition) is 5. The Morgan fingerprint density at radius 3 is 2.60 bits per heavy atom. The van der Waals surface area contributed by atoms with E-state index in [2.05, 4.69) is 4.98 Å². The van der Waals surface area contributed by atoms with E-state index in [1.165, 1.54) is 0 Å². The van der Waals surface area contributed by atoms with Crippen molar-refractivity contribution in [1.82, 2.24) is 4.98 Å². The Kier molecular flexibility index (Phi) is 5.38. The Labute approximate surface area is 123 Å². The van der Waals surface area contributed by atoms with Crippen molar-refractivity contribution < 1.29 is 14.6 Å². The second kappa shape index (κ2) is 7.26. The van der Waals surface area contributed by atoms with Crippen LogP contribution < -0.4 is 9.47 Å². The molecule has 1 aromatic carbocycles. The van der Waals surface area contributed by atoms with Crippen molar-refractivity contribution in [3.63, 3.8) is 0 Å². The molecule has 2 rings (SSSR count). The van der Waals surface area contributed by atoms with Gasteiger partial charge in [0.1, 0.15) is 0 Å². The molecule has 0 unspecified atom stereocenters. The minimum atomic E-state index is 0.0637. The van der Waals surface area contributed by atoms with Crippen molar-refractivity contribution in [2.45, 2.75) is 26.4 Å². The number of aliphatic hydroxyl groups is 1. The Hall–Kier alpha value is -1.59. The highest BCUT2D eigenvalue weighted by molar-refractivity contribution is 7.11. The van der Waals surface area contributed by atoms with Gasteiger partial charge in [-0.3, -0.25) is 0 Å². The van der Waals surface area contributed by atoms with Gasteiger partial charge in [0.15, 0.2) is 11.5 Å². The quantitative estimate of drug-likeness (QED) is 0.853. The number of benzene rings is 1. The van der Waals surface area contributed by atoms with Gasteiger partial charge in [-0.15, -0.1) is 11.3 Å². The van der Waals surface area contributed by atoms with E-state index in [1.807, 2.05) is 31.2 Å². The minimum absolute atomic E-state index is 0.0637. The summed E-state index contributed by atoms with van der Waals surface area (Å²) in [7, 11) is 1.63. The summed E-state index contributed by atoms with van der Waals surface area (Å²) in [6.07, 6.45) is 1.58. The first-order valence-electron chi connectivity index (χ1n) is 6.62. The van der Waals surface area contributed by atoms with Crippen LogP contribution in [0.5, 0.6) is 11.5 Å². The van der Waals surface area contributed by atoms with Crippen molar-refractivity contribution in [3.05, 3.63) is 39.8 Å². The summed E-state index contributed by atoms with van der Waals surface area (Å²) in [6, 6.07) is 7.59. The van der Waals surface area contributed by atoms with Crippen molar-refractivity contribution >= 4 is 11.3 Å². The van der Waals surface area contributed by atoms with Crippen LogP contribution in [0.25, 0.3) is 0 Å². The Morgan fingerprint density at radius 2 is 2.00 bits per heavy atom. The fourth-order valence-electron chi connectivity index (χ4n) is 1.93. The molecule has 0 spiro atoms. The van der Waals surface area contributed by atoms with Crippen LogP contribution in [0.3, 0.4) is 0 Å². The largest absolute Gasteiger partial charge is 0.493 e. The average molecular weight is 293 g/mol. The SMILES string of the molecule is CCc1nc(CCOc2ccccc2OC)sc1CO. The van der Waals surface area contributed by atoms with Gasteiger partial charge in [-0.2, -0.15) is 0 Å². The number of methoxy groups -OCH3 is 1. The van der Waals surface area contributed by atoms with Gasteiger partial charge in [-0.25, -0.2) is 4.98 Å². The molecule has 108 valence electrons. The summed E-state index contributed by atoms with van der Waals surface area (Å²) in [5, 5.41) is 10.3. The molecule has 20 heavy (non-hydrogen) atoms. The standard InChI is InChI=1S/C15H19NO3S/c1-3-11-14(10-17)20-15(16-11)8-9-19-13-7-5-4-6-12(13)18-2/h4-7,17H,3,8-10H2,1-2H3. The summed E-state index contributed by atoms with van der Waals surface area (Å²) < 4.78 is 11.0. The van der Waals surface area contributed by atoms with E-state index < -0.39 is 0 Å². The zero-order chi connectivity index (χ0) is 14.4. The number of nitrogens with zero attached hydrogens (tertiary/aromatic N) is 1. The number of aromatic nitrogens is 1. The smallest absolute Gasteiger partial charge is 0.161 e. The van der Waals surface area contributed by atoms with Crippen molar-refractivity contribution in [1.29, 1.82) is 0 Å². The van der Waals surface area contributed by atoms with Crippen molar-refractivity contribution in [2.75, 3.05) is 13.7 Å². The van der Waals surface area contributed by atoms with Gasteiger partial charge in [0.05, 0.1) is 35.9 Å². The maximum Gasteiger partial charge on any atom is 0.161 e. The molecule has 1 heterocycles. The molecule has 1 aromatic heterocycles. The highest BCUT2D eigenvalue weighted by atomic mass is 32.1. The zero-order valence-electron chi connectivity index (χ0n) is 11.8. The maximum atomic E-state index is 9.26. The number of hydrogen-bond donors (Lipinski definition) is 1. The summed E-state index contributed by atoms with van der Waals surface area (Å²) in [5.41, 5.74) is 0.991. The van der Waals surface area contributed by atoms with Crippen LogP contribution in [0.2, 0.25) is 0 Å². The van der Waals surface area contributed by atoms with Crippen LogP contribution in [0.4, 0.5) is 0 Å². The molecular weight excluding hydrogens is 274 g/mol. The number of aryl methyl sites for hydroxylation is 1. The molecule has 5 heteroatoms. The number of rotatable bonds is 7. The van der Waals surface area contributed by atoms with E-state index in [0.29, 0.717) is 6.61 Å². The lowest BCUT2D eigenvalue weighted by Gasteiger charge is -2.09. The molecule has 2 aromatic rings.